The summed E-state index contributed by atoms with van der Waals surface area (Å²) < 4.78 is 0. The summed E-state index contributed by atoms with van der Waals surface area (Å²) >= 11 is 0. The second-order valence-electron chi connectivity index (χ2n) is 4.33. The predicted molar refractivity (Wildman–Crippen MR) is 57.6 cm³/mol. The van der Waals surface area contributed by atoms with E-state index in [1.807, 2.05) is 6.92 Å². The van der Waals surface area contributed by atoms with Gasteiger partial charge in [-0.15, -0.1) is 12.3 Å². The van der Waals surface area contributed by atoms with Crippen LogP contribution in [-0.2, 0) is 4.79 Å². The zero-order chi connectivity index (χ0) is 10.6. The molecule has 1 saturated carbocycles. The summed E-state index contributed by atoms with van der Waals surface area (Å²) in [5, 5.41) is 2.97. The van der Waals surface area contributed by atoms with E-state index in [1.165, 1.54) is 12.8 Å². The van der Waals surface area contributed by atoms with Crippen LogP contribution in [0, 0.1) is 24.2 Å². The Morgan fingerprint density at radius 2 is 2.36 bits per heavy atom. The molecular weight excluding hydrogens is 174 g/mol. The summed E-state index contributed by atoms with van der Waals surface area (Å²) in [4.78, 5) is 11.8. The fraction of sp³-hybridized carbons (Fsp3) is 0.750. The number of amides is 1. The Kier molecular flexibility index (Phi) is 4.00. The van der Waals surface area contributed by atoms with Crippen molar-refractivity contribution in [1.29, 1.82) is 0 Å². The average Bonchev–Trinajstić information content (AvgIpc) is 2.51. The minimum atomic E-state index is 0.111. The van der Waals surface area contributed by atoms with Crippen LogP contribution >= 0.6 is 0 Å². The average molecular weight is 193 g/mol. The Morgan fingerprint density at radius 3 is 2.86 bits per heavy atom. The number of hydrogen-bond acceptors (Lipinski definition) is 1. The number of hydrogen-bond donors (Lipinski definition) is 1. The number of carbonyl (C=O) groups is 1. The molecule has 2 heteroatoms. The monoisotopic (exact) mass is 193 g/mol. The lowest BCUT2D eigenvalue weighted by Gasteiger charge is -2.18. The van der Waals surface area contributed by atoms with Gasteiger partial charge >= 0.3 is 0 Å². The molecule has 0 heterocycles. The van der Waals surface area contributed by atoms with Crippen molar-refractivity contribution in [3.8, 4) is 12.3 Å². The molecule has 1 amide bonds. The molecular formula is C12H19NO. The summed E-state index contributed by atoms with van der Waals surface area (Å²) in [5.74, 6) is 3.51. The fourth-order valence-corrected chi connectivity index (χ4v) is 2.11. The largest absolute Gasteiger partial charge is 0.352 e. The van der Waals surface area contributed by atoms with Gasteiger partial charge in [0.15, 0.2) is 0 Å². The van der Waals surface area contributed by atoms with Crippen molar-refractivity contribution in [2.75, 3.05) is 0 Å². The molecule has 14 heavy (non-hydrogen) atoms. The van der Waals surface area contributed by atoms with Gasteiger partial charge in [0.1, 0.15) is 0 Å². The van der Waals surface area contributed by atoms with Crippen LogP contribution in [0.1, 0.15) is 39.5 Å². The fourth-order valence-electron chi connectivity index (χ4n) is 2.11. The van der Waals surface area contributed by atoms with Gasteiger partial charge in [-0.2, -0.15) is 0 Å². The first-order valence-corrected chi connectivity index (χ1v) is 5.39. The van der Waals surface area contributed by atoms with E-state index in [9.17, 15) is 4.79 Å². The highest BCUT2D eigenvalue weighted by atomic mass is 16.1. The maximum Gasteiger partial charge on any atom is 0.223 e. The number of carbonyl (C=O) groups excluding carboxylic acids is 1. The Bertz CT molecular complexity index is 241. The van der Waals surface area contributed by atoms with Gasteiger partial charge in [0.05, 0.1) is 0 Å². The SMILES string of the molecule is C#CCC(C)NC(=O)C1CCCC1C. The van der Waals surface area contributed by atoms with Crippen LogP contribution < -0.4 is 5.32 Å². The van der Waals surface area contributed by atoms with Crippen LogP contribution in [0.5, 0.6) is 0 Å². The summed E-state index contributed by atoms with van der Waals surface area (Å²) in [7, 11) is 0. The first-order chi connectivity index (χ1) is 6.65. The van der Waals surface area contributed by atoms with Gasteiger partial charge in [0.2, 0.25) is 5.91 Å². The molecule has 1 aliphatic rings. The molecule has 0 aromatic rings. The lowest BCUT2D eigenvalue weighted by Crippen LogP contribution is -2.37. The maximum absolute atomic E-state index is 11.8. The van der Waals surface area contributed by atoms with Crippen molar-refractivity contribution in [2.45, 2.75) is 45.6 Å². The topological polar surface area (TPSA) is 29.1 Å². The van der Waals surface area contributed by atoms with Gasteiger partial charge in [-0.05, 0) is 25.7 Å². The Morgan fingerprint density at radius 1 is 1.64 bits per heavy atom. The molecule has 0 bridgehead atoms. The highest BCUT2D eigenvalue weighted by molar-refractivity contribution is 5.79. The third kappa shape index (κ3) is 2.77. The molecule has 0 aromatic heterocycles. The van der Waals surface area contributed by atoms with E-state index in [0.717, 1.165) is 6.42 Å². The van der Waals surface area contributed by atoms with Crippen LogP contribution in [0.25, 0.3) is 0 Å². The van der Waals surface area contributed by atoms with Crippen LogP contribution in [0.3, 0.4) is 0 Å². The van der Waals surface area contributed by atoms with Crippen molar-refractivity contribution in [1.82, 2.24) is 5.32 Å². The minimum absolute atomic E-state index is 0.111. The third-order valence-electron chi connectivity index (χ3n) is 3.01. The molecule has 1 N–H and O–H groups in total. The Hall–Kier alpha value is -0.970. The van der Waals surface area contributed by atoms with Gasteiger partial charge in [-0.3, -0.25) is 4.79 Å². The standard InChI is InChI=1S/C12H19NO/c1-4-6-10(3)13-12(14)11-8-5-7-9(11)2/h1,9-11H,5-8H2,2-3H3,(H,13,14). The van der Waals surface area contributed by atoms with Gasteiger partial charge in [-0.25, -0.2) is 0 Å². The molecule has 1 fully saturated rings. The van der Waals surface area contributed by atoms with E-state index in [1.54, 1.807) is 0 Å². The summed E-state index contributed by atoms with van der Waals surface area (Å²) in [6.07, 6.45) is 9.21. The van der Waals surface area contributed by atoms with Crippen LogP contribution in [0.15, 0.2) is 0 Å². The number of rotatable bonds is 3. The molecule has 1 rings (SSSR count). The van der Waals surface area contributed by atoms with E-state index < -0.39 is 0 Å². The molecule has 0 aliphatic heterocycles. The minimum Gasteiger partial charge on any atom is -0.352 e. The lowest BCUT2D eigenvalue weighted by atomic mass is 9.97. The summed E-state index contributed by atoms with van der Waals surface area (Å²) in [6, 6.07) is 0.111. The molecule has 0 aromatic carbocycles. The number of terminal acetylenes is 1. The van der Waals surface area contributed by atoms with Crippen LogP contribution in [0.4, 0.5) is 0 Å². The van der Waals surface area contributed by atoms with Crippen molar-refractivity contribution in [3.63, 3.8) is 0 Å². The quantitative estimate of drug-likeness (QED) is 0.682. The number of nitrogens with one attached hydrogen (secondary N) is 1. The van der Waals surface area contributed by atoms with E-state index in [4.69, 9.17) is 6.42 Å². The second kappa shape index (κ2) is 5.05. The second-order valence-corrected chi connectivity index (χ2v) is 4.33. The summed E-state index contributed by atoms with van der Waals surface area (Å²) in [6.45, 7) is 4.11. The normalized spacial score (nSPS) is 28.1. The van der Waals surface area contributed by atoms with Gasteiger partial charge < -0.3 is 5.32 Å². The van der Waals surface area contributed by atoms with Crippen LogP contribution in [-0.4, -0.2) is 11.9 Å². The van der Waals surface area contributed by atoms with Crippen LogP contribution in [0.2, 0.25) is 0 Å². The van der Waals surface area contributed by atoms with E-state index in [0.29, 0.717) is 12.3 Å². The smallest absolute Gasteiger partial charge is 0.223 e. The summed E-state index contributed by atoms with van der Waals surface area (Å²) in [5.41, 5.74) is 0. The van der Waals surface area contributed by atoms with Gasteiger partial charge in [-0.1, -0.05) is 13.3 Å². The third-order valence-corrected chi connectivity index (χ3v) is 3.01. The molecule has 1 aliphatic carbocycles. The predicted octanol–water partition coefficient (Wildman–Crippen LogP) is 1.95. The lowest BCUT2D eigenvalue weighted by molar-refractivity contribution is -0.126. The molecule has 3 unspecified atom stereocenters. The van der Waals surface area contributed by atoms with Crippen molar-refractivity contribution >= 4 is 5.91 Å². The zero-order valence-corrected chi connectivity index (χ0v) is 9.05. The van der Waals surface area contributed by atoms with Crippen molar-refractivity contribution in [3.05, 3.63) is 0 Å². The van der Waals surface area contributed by atoms with E-state index >= 15 is 0 Å². The highest BCUT2D eigenvalue weighted by Crippen LogP contribution is 2.31. The van der Waals surface area contributed by atoms with E-state index in [-0.39, 0.29) is 17.9 Å². The molecule has 0 spiro atoms. The Balaban J connectivity index is 2.38. The first-order valence-electron chi connectivity index (χ1n) is 5.39. The Labute approximate surface area is 86.5 Å². The van der Waals surface area contributed by atoms with Crippen molar-refractivity contribution < 1.29 is 4.79 Å². The highest BCUT2D eigenvalue weighted by Gasteiger charge is 2.29. The molecule has 2 nitrogen and oxygen atoms in total. The van der Waals surface area contributed by atoms with Gasteiger partial charge in [0, 0.05) is 18.4 Å². The maximum atomic E-state index is 11.8. The molecule has 0 radical (unpaired) electrons. The first kappa shape index (κ1) is 11.1. The van der Waals surface area contributed by atoms with Gasteiger partial charge in [0.25, 0.3) is 0 Å². The molecule has 78 valence electrons. The van der Waals surface area contributed by atoms with Crippen molar-refractivity contribution in [2.24, 2.45) is 11.8 Å². The zero-order valence-electron chi connectivity index (χ0n) is 9.05. The van der Waals surface area contributed by atoms with E-state index in [2.05, 4.69) is 18.2 Å². The molecule has 3 atom stereocenters. The molecule has 0 saturated heterocycles.